The SMILES string of the molecule is CS/C(=C\C(=O)c1nc2cc(C)c(Cl)cc2n1COCC[Si](C)(C)C)N1CCOCC1. The number of hydrogen-bond donors (Lipinski definition) is 0. The maximum atomic E-state index is 13.3. The predicted molar refractivity (Wildman–Crippen MR) is 132 cm³/mol. The summed E-state index contributed by atoms with van der Waals surface area (Å²) in [5.41, 5.74) is 2.51. The van der Waals surface area contributed by atoms with Crippen molar-refractivity contribution in [3.63, 3.8) is 0 Å². The zero-order valence-electron chi connectivity index (χ0n) is 19.0. The van der Waals surface area contributed by atoms with Gasteiger partial charge in [0.2, 0.25) is 5.78 Å². The van der Waals surface area contributed by atoms with Gasteiger partial charge in [-0.3, -0.25) is 9.36 Å². The summed E-state index contributed by atoms with van der Waals surface area (Å²) in [5.74, 6) is 0.249. The first-order valence-corrected chi connectivity index (χ1v) is 15.9. The van der Waals surface area contributed by atoms with Gasteiger partial charge < -0.3 is 14.4 Å². The predicted octanol–water partition coefficient (Wildman–Crippen LogP) is 5.03. The van der Waals surface area contributed by atoms with Gasteiger partial charge in [0.25, 0.3) is 0 Å². The maximum Gasteiger partial charge on any atom is 0.223 e. The average Bonchev–Trinajstić information content (AvgIpc) is 3.07. The molecule has 0 spiro atoms. The molecule has 9 heteroatoms. The van der Waals surface area contributed by atoms with E-state index in [-0.39, 0.29) is 12.5 Å². The second kappa shape index (κ2) is 10.5. The molecular formula is C22H32ClN3O3SSi. The van der Waals surface area contributed by atoms with Crippen molar-refractivity contribution in [2.24, 2.45) is 0 Å². The Morgan fingerprint density at radius 1 is 1.32 bits per heavy atom. The molecule has 1 aromatic carbocycles. The van der Waals surface area contributed by atoms with E-state index in [9.17, 15) is 4.79 Å². The van der Waals surface area contributed by atoms with E-state index in [1.54, 1.807) is 17.8 Å². The van der Waals surface area contributed by atoms with Gasteiger partial charge >= 0.3 is 0 Å². The molecule has 0 aliphatic carbocycles. The summed E-state index contributed by atoms with van der Waals surface area (Å²) in [6.07, 6.45) is 3.67. The molecule has 0 bridgehead atoms. The number of halogens is 1. The molecule has 0 atom stereocenters. The van der Waals surface area contributed by atoms with Gasteiger partial charge in [0.15, 0.2) is 5.82 Å². The fourth-order valence-corrected chi connectivity index (χ4v) is 4.92. The molecule has 31 heavy (non-hydrogen) atoms. The molecule has 0 saturated carbocycles. The van der Waals surface area contributed by atoms with Crippen molar-refractivity contribution in [1.29, 1.82) is 0 Å². The Balaban J connectivity index is 1.91. The van der Waals surface area contributed by atoms with Gasteiger partial charge in [0, 0.05) is 38.9 Å². The maximum absolute atomic E-state index is 13.3. The third-order valence-electron chi connectivity index (χ3n) is 5.25. The van der Waals surface area contributed by atoms with Gasteiger partial charge in [-0.15, -0.1) is 11.8 Å². The third kappa shape index (κ3) is 6.35. The highest BCUT2D eigenvalue weighted by atomic mass is 35.5. The zero-order valence-corrected chi connectivity index (χ0v) is 21.6. The van der Waals surface area contributed by atoms with Crippen molar-refractivity contribution >= 4 is 48.3 Å². The number of ether oxygens (including phenoxy) is 2. The van der Waals surface area contributed by atoms with E-state index in [2.05, 4.69) is 29.5 Å². The minimum Gasteiger partial charge on any atom is -0.378 e. The van der Waals surface area contributed by atoms with Crippen LogP contribution in [0.5, 0.6) is 0 Å². The number of ketones is 1. The number of aromatic nitrogens is 2. The zero-order chi connectivity index (χ0) is 22.6. The Labute approximate surface area is 194 Å². The van der Waals surface area contributed by atoms with Crippen LogP contribution in [-0.4, -0.2) is 67.5 Å². The van der Waals surface area contributed by atoms with Crippen molar-refractivity contribution in [2.45, 2.75) is 39.3 Å². The lowest BCUT2D eigenvalue weighted by atomic mass is 10.2. The molecule has 2 aromatic rings. The first kappa shape index (κ1) is 24.3. The molecule has 6 nitrogen and oxygen atoms in total. The van der Waals surface area contributed by atoms with Crippen LogP contribution in [0.2, 0.25) is 30.7 Å². The number of fused-ring (bicyclic) bond motifs is 1. The van der Waals surface area contributed by atoms with E-state index in [0.29, 0.717) is 30.7 Å². The Hall–Kier alpha value is -1.32. The van der Waals surface area contributed by atoms with Crippen molar-refractivity contribution in [2.75, 3.05) is 39.2 Å². The molecule has 1 fully saturated rings. The molecular weight excluding hydrogens is 450 g/mol. The Morgan fingerprint density at radius 2 is 2.03 bits per heavy atom. The molecule has 2 heterocycles. The van der Waals surface area contributed by atoms with Crippen LogP contribution in [0.15, 0.2) is 23.2 Å². The standard InChI is InChI=1S/C22H32ClN3O3SSi/c1-16-12-18-19(13-17(16)23)26(15-29-10-11-31(3,4)5)22(24-18)20(27)14-21(30-2)25-6-8-28-9-7-25/h12-14H,6-11,15H2,1-5H3/b21-14-. The fraction of sp³-hybridized carbons (Fsp3) is 0.545. The van der Waals surface area contributed by atoms with E-state index in [1.165, 1.54) is 0 Å². The Morgan fingerprint density at radius 3 is 2.68 bits per heavy atom. The molecule has 3 rings (SSSR count). The van der Waals surface area contributed by atoms with Crippen molar-refractivity contribution in [3.8, 4) is 0 Å². The molecule has 1 aliphatic rings. The molecule has 0 amide bonds. The minimum absolute atomic E-state index is 0.130. The van der Waals surface area contributed by atoms with E-state index in [0.717, 1.165) is 40.8 Å². The normalized spacial score (nSPS) is 15.7. The molecule has 1 aliphatic heterocycles. The summed E-state index contributed by atoms with van der Waals surface area (Å²) in [5, 5.41) is 1.59. The lowest BCUT2D eigenvalue weighted by Crippen LogP contribution is -2.35. The number of nitrogens with zero attached hydrogens (tertiary/aromatic N) is 3. The topological polar surface area (TPSA) is 56.6 Å². The number of carbonyl (C=O) groups excluding carboxylic acids is 1. The van der Waals surface area contributed by atoms with Gasteiger partial charge in [-0.1, -0.05) is 31.2 Å². The van der Waals surface area contributed by atoms with Gasteiger partial charge in [-0.05, 0) is 36.9 Å². The van der Waals surface area contributed by atoms with Gasteiger partial charge in [-0.2, -0.15) is 0 Å². The summed E-state index contributed by atoms with van der Waals surface area (Å²) in [6, 6.07) is 4.86. The number of allylic oxidation sites excluding steroid dienone is 1. The van der Waals surface area contributed by atoms with Crippen molar-refractivity contribution in [1.82, 2.24) is 14.5 Å². The van der Waals surface area contributed by atoms with Gasteiger partial charge in [-0.25, -0.2) is 4.98 Å². The van der Waals surface area contributed by atoms with Crippen LogP contribution in [0.1, 0.15) is 16.2 Å². The highest BCUT2D eigenvalue weighted by Gasteiger charge is 2.21. The second-order valence-corrected chi connectivity index (χ2v) is 15.8. The number of aryl methyl sites for hydroxylation is 1. The molecule has 1 aromatic heterocycles. The van der Waals surface area contributed by atoms with Crippen LogP contribution in [-0.2, 0) is 16.2 Å². The number of thioether (sulfide) groups is 1. The lowest BCUT2D eigenvalue weighted by Gasteiger charge is -2.29. The first-order valence-electron chi connectivity index (χ1n) is 10.6. The van der Waals surface area contributed by atoms with Gasteiger partial charge in [0.1, 0.15) is 6.73 Å². The number of hydrogen-bond acceptors (Lipinski definition) is 6. The van der Waals surface area contributed by atoms with E-state index >= 15 is 0 Å². The number of imidazole rings is 1. The minimum atomic E-state index is -1.20. The van der Waals surface area contributed by atoms with E-state index in [4.69, 9.17) is 21.1 Å². The molecule has 0 radical (unpaired) electrons. The summed E-state index contributed by atoms with van der Waals surface area (Å²) >= 11 is 7.95. The fourth-order valence-electron chi connectivity index (χ4n) is 3.34. The summed E-state index contributed by atoms with van der Waals surface area (Å²) < 4.78 is 13.3. The average molecular weight is 482 g/mol. The molecule has 0 unspecified atom stereocenters. The van der Waals surface area contributed by atoms with Crippen LogP contribution in [0.3, 0.4) is 0 Å². The Bertz CT molecular complexity index is 965. The van der Waals surface area contributed by atoms with Crippen LogP contribution in [0.4, 0.5) is 0 Å². The number of rotatable bonds is 9. The first-order chi connectivity index (χ1) is 14.7. The van der Waals surface area contributed by atoms with E-state index < -0.39 is 8.07 Å². The molecule has 1 saturated heterocycles. The highest BCUT2D eigenvalue weighted by molar-refractivity contribution is 8.02. The summed E-state index contributed by atoms with van der Waals surface area (Å²) in [6.45, 7) is 12.8. The van der Waals surface area contributed by atoms with E-state index in [1.807, 2.05) is 29.9 Å². The van der Waals surface area contributed by atoms with Crippen LogP contribution in [0.25, 0.3) is 11.0 Å². The number of morpholine rings is 1. The smallest absolute Gasteiger partial charge is 0.223 e. The third-order valence-corrected chi connectivity index (χ3v) is 8.16. The summed E-state index contributed by atoms with van der Waals surface area (Å²) in [4.78, 5) is 20.1. The summed E-state index contributed by atoms with van der Waals surface area (Å²) in [7, 11) is -1.20. The van der Waals surface area contributed by atoms with Crippen LogP contribution < -0.4 is 0 Å². The lowest BCUT2D eigenvalue weighted by molar-refractivity contribution is 0.0573. The molecule has 170 valence electrons. The second-order valence-electron chi connectivity index (χ2n) is 8.95. The van der Waals surface area contributed by atoms with Crippen LogP contribution in [0, 0.1) is 6.92 Å². The van der Waals surface area contributed by atoms with Gasteiger partial charge in [0.05, 0.1) is 29.3 Å². The quantitative estimate of drug-likeness (QED) is 0.217. The number of benzene rings is 1. The monoisotopic (exact) mass is 481 g/mol. The van der Waals surface area contributed by atoms with Crippen molar-refractivity contribution < 1.29 is 14.3 Å². The van der Waals surface area contributed by atoms with Crippen LogP contribution >= 0.6 is 23.4 Å². The molecule has 0 N–H and O–H groups in total. The largest absolute Gasteiger partial charge is 0.378 e. The highest BCUT2D eigenvalue weighted by Crippen LogP contribution is 2.26. The Kier molecular flexibility index (Phi) is 8.26. The number of carbonyl (C=O) groups is 1. The van der Waals surface area contributed by atoms with Crippen molar-refractivity contribution in [3.05, 3.63) is 39.6 Å².